The molecule has 0 aromatic carbocycles. The molecule has 0 spiro atoms. The Morgan fingerprint density at radius 1 is 1.25 bits per heavy atom. The zero-order valence-corrected chi connectivity index (χ0v) is 13.3. The Morgan fingerprint density at radius 2 is 2.12 bits per heavy atom. The third kappa shape index (κ3) is 2.99. The second-order valence-electron chi connectivity index (χ2n) is 6.33. The second-order valence-corrected chi connectivity index (χ2v) is 6.33. The molecule has 3 heterocycles. The molecule has 7 heteroatoms. The van der Waals surface area contributed by atoms with E-state index in [-0.39, 0.29) is 35.5 Å². The molecule has 1 unspecified atom stereocenters. The van der Waals surface area contributed by atoms with E-state index in [1.165, 1.54) is 0 Å². The van der Waals surface area contributed by atoms with Crippen LogP contribution in [-0.4, -0.2) is 46.5 Å². The number of nitrogens with one attached hydrogen (secondary N) is 2. The molecule has 1 aliphatic carbocycles. The van der Waals surface area contributed by atoms with Gasteiger partial charge < -0.3 is 15.4 Å². The van der Waals surface area contributed by atoms with Crippen LogP contribution in [0.15, 0.2) is 24.4 Å². The molecule has 4 rings (SSSR count). The number of aromatic nitrogens is 2. The van der Waals surface area contributed by atoms with E-state index >= 15 is 0 Å². The molecule has 1 atom stereocenters. The first-order chi connectivity index (χ1) is 11.7. The Morgan fingerprint density at radius 3 is 2.88 bits per heavy atom. The van der Waals surface area contributed by atoms with Crippen molar-refractivity contribution in [1.82, 2.24) is 20.0 Å². The molecule has 0 bridgehead atoms. The van der Waals surface area contributed by atoms with Crippen LogP contribution in [0, 0.1) is 0 Å². The van der Waals surface area contributed by atoms with E-state index in [1.807, 2.05) is 12.1 Å². The van der Waals surface area contributed by atoms with E-state index < -0.39 is 0 Å². The first-order valence-corrected chi connectivity index (χ1v) is 8.40. The maximum absolute atomic E-state index is 12.5. The maximum Gasteiger partial charge on any atom is 0.287 e. The van der Waals surface area contributed by atoms with E-state index in [1.54, 1.807) is 16.7 Å². The molecular weight excluding hydrogens is 308 g/mol. The number of pyridine rings is 1. The molecule has 2 aromatic rings. The molecule has 1 aliphatic heterocycles. The summed E-state index contributed by atoms with van der Waals surface area (Å²) in [5.41, 5.74) is 0.901. The first kappa shape index (κ1) is 15.1. The topological polar surface area (TPSA) is 84.7 Å². The van der Waals surface area contributed by atoms with E-state index in [9.17, 15) is 9.59 Å². The third-order valence-corrected chi connectivity index (χ3v) is 4.39. The quantitative estimate of drug-likeness (QED) is 0.862. The van der Waals surface area contributed by atoms with Crippen molar-refractivity contribution in [2.45, 2.75) is 37.8 Å². The molecule has 126 valence electrons. The molecule has 1 saturated heterocycles. The van der Waals surface area contributed by atoms with Gasteiger partial charge in [0.2, 0.25) is 5.82 Å². The lowest BCUT2D eigenvalue weighted by molar-refractivity contribution is 0.0855. The van der Waals surface area contributed by atoms with Crippen molar-refractivity contribution in [2.75, 3.05) is 13.2 Å². The van der Waals surface area contributed by atoms with Gasteiger partial charge in [0.15, 0.2) is 5.69 Å². The second kappa shape index (κ2) is 6.24. The van der Waals surface area contributed by atoms with Gasteiger partial charge in [-0.2, -0.15) is 0 Å². The summed E-state index contributed by atoms with van der Waals surface area (Å²) in [6.45, 7) is 1.22. The number of amides is 2. The maximum atomic E-state index is 12.5. The minimum atomic E-state index is -0.278. The monoisotopic (exact) mass is 328 g/mol. The summed E-state index contributed by atoms with van der Waals surface area (Å²) in [5, 5.41) is 5.78. The lowest BCUT2D eigenvalue weighted by Gasteiger charge is -2.09. The summed E-state index contributed by atoms with van der Waals surface area (Å²) in [7, 11) is 0. The van der Waals surface area contributed by atoms with Gasteiger partial charge in [-0.25, -0.2) is 4.98 Å². The molecule has 1 saturated carbocycles. The molecule has 2 N–H and O–H groups in total. The van der Waals surface area contributed by atoms with Crippen LogP contribution >= 0.6 is 0 Å². The Hall–Kier alpha value is -2.41. The fourth-order valence-corrected chi connectivity index (χ4v) is 2.94. The number of imidazole rings is 1. The molecular formula is C17H20N4O3. The zero-order chi connectivity index (χ0) is 16.5. The van der Waals surface area contributed by atoms with Gasteiger partial charge in [0, 0.05) is 25.4 Å². The summed E-state index contributed by atoms with van der Waals surface area (Å²) in [4.78, 5) is 29.2. The van der Waals surface area contributed by atoms with Gasteiger partial charge >= 0.3 is 0 Å². The number of carbonyl (C=O) groups excluding carboxylic acids is 2. The highest BCUT2D eigenvalue weighted by atomic mass is 16.5. The van der Waals surface area contributed by atoms with E-state index in [4.69, 9.17) is 4.74 Å². The van der Waals surface area contributed by atoms with Crippen molar-refractivity contribution >= 4 is 17.3 Å². The van der Waals surface area contributed by atoms with Crippen LogP contribution in [0.5, 0.6) is 0 Å². The predicted molar refractivity (Wildman–Crippen MR) is 87.0 cm³/mol. The van der Waals surface area contributed by atoms with Crippen LogP contribution in [0.1, 0.15) is 46.8 Å². The average Bonchev–Trinajstić information content (AvgIpc) is 3.12. The summed E-state index contributed by atoms with van der Waals surface area (Å²) in [6, 6.07) is 5.68. The van der Waals surface area contributed by atoms with Crippen LogP contribution < -0.4 is 10.6 Å². The highest BCUT2D eigenvalue weighted by Gasteiger charge is 2.27. The van der Waals surface area contributed by atoms with Gasteiger partial charge in [0.25, 0.3) is 11.8 Å². The summed E-state index contributed by atoms with van der Waals surface area (Å²) in [5.74, 6) is -0.267. The Balaban J connectivity index is 1.57. The number of hydrogen-bond donors (Lipinski definition) is 2. The fraction of sp³-hybridized carbons (Fsp3) is 0.471. The molecule has 2 aromatic heterocycles. The van der Waals surface area contributed by atoms with Gasteiger partial charge in [0.1, 0.15) is 0 Å². The van der Waals surface area contributed by atoms with Crippen LogP contribution in [0.2, 0.25) is 0 Å². The van der Waals surface area contributed by atoms with Gasteiger partial charge in [-0.15, -0.1) is 0 Å². The summed E-state index contributed by atoms with van der Waals surface area (Å²) < 4.78 is 7.18. The minimum Gasteiger partial charge on any atom is -0.376 e. The first-order valence-electron chi connectivity index (χ1n) is 8.40. The average molecular weight is 328 g/mol. The van der Waals surface area contributed by atoms with E-state index in [0.717, 1.165) is 32.3 Å². The van der Waals surface area contributed by atoms with Gasteiger partial charge in [0.05, 0.1) is 11.6 Å². The van der Waals surface area contributed by atoms with Crippen molar-refractivity contribution in [2.24, 2.45) is 0 Å². The number of carbonyl (C=O) groups is 2. The number of ether oxygens (including phenoxy) is 1. The molecule has 0 radical (unpaired) electrons. The number of hydrogen-bond acceptors (Lipinski definition) is 4. The lowest BCUT2D eigenvalue weighted by atomic mass is 10.2. The van der Waals surface area contributed by atoms with Crippen molar-refractivity contribution in [1.29, 1.82) is 0 Å². The highest BCUT2D eigenvalue weighted by molar-refractivity contribution is 6.02. The highest BCUT2D eigenvalue weighted by Crippen LogP contribution is 2.20. The van der Waals surface area contributed by atoms with Crippen molar-refractivity contribution < 1.29 is 14.3 Å². The molecule has 24 heavy (non-hydrogen) atoms. The van der Waals surface area contributed by atoms with E-state index in [0.29, 0.717) is 12.1 Å². The zero-order valence-electron chi connectivity index (χ0n) is 13.3. The van der Waals surface area contributed by atoms with Crippen molar-refractivity contribution in [3.05, 3.63) is 35.9 Å². The molecule has 7 nitrogen and oxygen atoms in total. The Labute approximate surface area is 139 Å². The van der Waals surface area contributed by atoms with Crippen molar-refractivity contribution in [3.63, 3.8) is 0 Å². The molecule has 2 fully saturated rings. The minimum absolute atomic E-state index is 0.0699. The van der Waals surface area contributed by atoms with Gasteiger partial charge in [-0.1, -0.05) is 6.07 Å². The Bertz CT molecular complexity index is 775. The number of rotatable bonds is 5. The van der Waals surface area contributed by atoms with E-state index in [2.05, 4.69) is 15.6 Å². The van der Waals surface area contributed by atoms with Crippen LogP contribution in [0.3, 0.4) is 0 Å². The number of nitrogens with zero attached hydrogens (tertiary/aromatic N) is 2. The SMILES string of the molecule is O=C(NCC1CCCO1)c1nc(C(=O)NC2CC2)n2ccccc12. The van der Waals surface area contributed by atoms with Crippen LogP contribution in [0.25, 0.3) is 5.52 Å². The predicted octanol–water partition coefficient (Wildman–Crippen LogP) is 1.14. The smallest absolute Gasteiger partial charge is 0.287 e. The summed E-state index contributed by atoms with van der Waals surface area (Å²) >= 11 is 0. The lowest BCUT2D eigenvalue weighted by Crippen LogP contribution is -2.32. The summed E-state index contributed by atoms with van der Waals surface area (Å²) in [6.07, 6.45) is 5.81. The van der Waals surface area contributed by atoms with Crippen LogP contribution in [-0.2, 0) is 4.74 Å². The van der Waals surface area contributed by atoms with Crippen LogP contribution in [0.4, 0.5) is 0 Å². The largest absolute Gasteiger partial charge is 0.376 e. The van der Waals surface area contributed by atoms with Gasteiger partial charge in [-0.05, 0) is 37.8 Å². The Kier molecular flexibility index (Phi) is 3.93. The molecule has 2 amide bonds. The fourth-order valence-electron chi connectivity index (χ4n) is 2.94. The molecule has 2 aliphatic rings. The number of fused-ring (bicyclic) bond motifs is 1. The van der Waals surface area contributed by atoms with Gasteiger partial charge in [-0.3, -0.25) is 14.0 Å². The normalized spacial score (nSPS) is 20.2. The third-order valence-electron chi connectivity index (χ3n) is 4.39. The van der Waals surface area contributed by atoms with Crippen molar-refractivity contribution in [3.8, 4) is 0 Å². The standard InChI is InChI=1S/C17H20N4O3/c22-16(18-10-12-4-3-9-24-12)14-13-5-1-2-8-21(13)15(20-14)17(23)19-11-6-7-11/h1-2,5,8,11-12H,3-4,6-7,9-10H2,(H,18,22)(H,19,23).